The monoisotopic (exact) mass is 512 g/mol. The lowest BCUT2D eigenvalue weighted by Gasteiger charge is -2.38. The van der Waals surface area contributed by atoms with Crippen LogP contribution in [-0.4, -0.2) is 59.8 Å². The first kappa shape index (κ1) is 24.1. The predicted octanol–water partition coefficient (Wildman–Crippen LogP) is 2.60. The van der Waals surface area contributed by atoms with Gasteiger partial charge in [-0.2, -0.15) is 5.10 Å². The van der Waals surface area contributed by atoms with E-state index in [9.17, 15) is 19.5 Å². The SMILES string of the molecule is O=C(Nc1ccccc1)c1ccccc1-n1ncc2c(=O)n(CC3(O)CCN(C(=O)C4CC4)CC3)cnc21. The topological polar surface area (TPSA) is 122 Å². The van der Waals surface area contributed by atoms with Gasteiger partial charge in [0.15, 0.2) is 5.65 Å². The Morgan fingerprint density at radius 2 is 1.74 bits per heavy atom. The molecule has 0 spiro atoms. The number of likely N-dealkylation sites (tertiary alicyclic amines) is 1. The van der Waals surface area contributed by atoms with Gasteiger partial charge < -0.3 is 15.3 Å². The van der Waals surface area contributed by atoms with Gasteiger partial charge in [-0.1, -0.05) is 30.3 Å². The maximum atomic E-state index is 13.3. The molecule has 1 saturated heterocycles. The molecule has 2 fully saturated rings. The van der Waals surface area contributed by atoms with Gasteiger partial charge in [0, 0.05) is 24.7 Å². The fourth-order valence-corrected chi connectivity index (χ4v) is 5.01. The average Bonchev–Trinajstić information content (AvgIpc) is 3.70. The molecule has 4 aromatic rings. The standard InChI is InChI=1S/C28H28N6O4/c35-25(31-20-6-2-1-3-7-20)21-8-4-5-9-23(21)34-24-22(16-30-34)27(37)33(18-29-24)17-28(38)12-14-32(15-13-28)26(36)19-10-11-19/h1-9,16,18-19,38H,10-15,17H2,(H,31,35). The molecule has 1 saturated carbocycles. The van der Waals surface area contributed by atoms with Gasteiger partial charge >= 0.3 is 0 Å². The molecular formula is C28H28N6O4. The summed E-state index contributed by atoms with van der Waals surface area (Å²) in [5, 5.41) is 18.7. The molecule has 194 valence electrons. The van der Waals surface area contributed by atoms with E-state index in [1.807, 2.05) is 23.1 Å². The summed E-state index contributed by atoms with van der Waals surface area (Å²) in [6, 6.07) is 16.1. The van der Waals surface area contributed by atoms with Crippen molar-refractivity contribution in [3.63, 3.8) is 0 Å². The summed E-state index contributed by atoms with van der Waals surface area (Å²) in [6.45, 7) is 1.05. The van der Waals surface area contributed by atoms with Crippen molar-refractivity contribution in [2.75, 3.05) is 18.4 Å². The van der Waals surface area contributed by atoms with Gasteiger partial charge in [0.1, 0.15) is 11.7 Å². The number of benzene rings is 2. The molecule has 2 N–H and O–H groups in total. The van der Waals surface area contributed by atoms with E-state index in [1.54, 1.807) is 36.4 Å². The Bertz CT molecular complexity index is 1570. The summed E-state index contributed by atoms with van der Waals surface area (Å²) in [5.41, 5.74) is 0.443. The van der Waals surface area contributed by atoms with Gasteiger partial charge in [0.05, 0.1) is 29.6 Å². The Morgan fingerprint density at radius 1 is 1.03 bits per heavy atom. The highest BCUT2D eigenvalue weighted by Crippen LogP contribution is 2.33. The quantitative estimate of drug-likeness (QED) is 0.410. The van der Waals surface area contributed by atoms with E-state index in [2.05, 4.69) is 15.4 Å². The lowest BCUT2D eigenvalue weighted by molar-refractivity contribution is -0.137. The lowest BCUT2D eigenvalue weighted by atomic mass is 9.91. The normalized spacial score (nSPS) is 16.9. The number of hydrogen-bond donors (Lipinski definition) is 2. The zero-order valence-electron chi connectivity index (χ0n) is 20.8. The minimum Gasteiger partial charge on any atom is -0.388 e. The van der Waals surface area contributed by atoms with E-state index in [4.69, 9.17) is 0 Å². The third-order valence-electron chi connectivity index (χ3n) is 7.36. The predicted molar refractivity (Wildman–Crippen MR) is 141 cm³/mol. The second-order valence-corrected chi connectivity index (χ2v) is 10.1. The Balaban J connectivity index is 1.24. The van der Waals surface area contributed by atoms with Crippen molar-refractivity contribution in [1.82, 2.24) is 24.2 Å². The van der Waals surface area contributed by atoms with Crippen molar-refractivity contribution in [3.8, 4) is 5.69 Å². The van der Waals surface area contributed by atoms with Crippen molar-refractivity contribution >= 4 is 28.5 Å². The molecule has 0 unspecified atom stereocenters. The van der Waals surface area contributed by atoms with Crippen LogP contribution in [0.3, 0.4) is 0 Å². The fraction of sp³-hybridized carbons (Fsp3) is 0.321. The van der Waals surface area contributed by atoms with Crippen LogP contribution in [0.15, 0.2) is 71.9 Å². The molecule has 2 aromatic carbocycles. The van der Waals surface area contributed by atoms with Crippen LogP contribution in [0.1, 0.15) is 36.0 Å². The number of hydrogen-bond acceptors (Lipinski definition) is 6. The molecule has 0 radical (unpaired) electrons. The number of aliphatic hydroxyl groups is 1. The fourth-order valence-electron chi connectivity index (χ4n) is 5.01. The number of aromatic nitrogens is 4. The number of piperidine rings is 1. The van der Waals surface area contributed by atoms with Crippen LogP contribution < -0.4 is 10.9 Å². The molecule has 1 aliphatic heterocycles. The van der Waals surface area contributed by atoms with Gasteiger partial charge in [-0.05, 0) is 49.9 Å². The van der Waals surface area contributed by atoms with Crippen molar-refractivity contribution in [2.45, 2.75) is 37.8 Å². The Labute approximate surface area is 218 Å². The second-order valence-electron chi connectivity index (χ2n) is 10.1. The lowest BCUT2D eigenvalue weighted by Crippen LogP contribution is -2.50. The molecule has 10 nitrogen and oxygen atoms in total. The summed E-state index contributed by atoms with van der Waals surface area (Å²) in [5.74, 6) is 0.0245. The van der Waals surface area contributed by atoms with E-state index < -0.39 is 5.60 Å². The minimum absolute atomic E-state index is 0.0848. The third-order valence-corrected chi connectivity index (χ3v) is 7.36. The average molecular weight is 513 g/mol. The number of nitrogens with zero attached hydrogens (tertiary/aromatic N) is 5. The first-order valence-electron chi connectivity index (χ1n) is 12.8. The van der Waals surface area contributed by atoms with Gasteiger partial charge in [0.25, 0.3) is 11.5 Å². The zero-order valence-corrected chi connectivity index (χ0v) is 20.8. The highest BCUT2D eigenvalue weighted by molar-refractivity contribution is 6.07. The second kappa shape index (κ2) is 9.53. The van der Waals surface area contributed by atoms with Crippen LogP contribution in [0.5, 0.6) is 0 Å². The highest BCUT2D eigenvalue weighted by atomic mass is 16.3. The number of nitrogens with one attached hydrogen (secondary N) is 1. The van der Waals surface area contributed by atoms with E-state index in [0.717, 1.165) is 12.8 Å². The smallest absolute Gasteiger partial charge is 0.264 e. The molecule has 0 bridgehead atoms. The zero-order chi connectivity index (χ0) is 26.3. The third kappa shape index (κ3) is 4.58. The van der Waals surface area contributed by atoms with E-state index in [1.165, 1.54) is 21.8 Å². The first-order valence-corrected chi connectivity index (χ1v) is 12.8. The van der Waals surface area contributed by atoms with Gasteiger partial charge in [-0.25, -0.2) is 9.67 Å². The molecule has 2 aromatic heterocycles. The Kier molecular flexibility index (Phi) is 6.03. The van der Waals surface area contributed by atoms with Crippen LogP contribution in [0, 0.1) is 5.92 Å². The molecule has 0 atom stereocenters. The largest absolute Gasteiger partial charge is 0.388 e. The van der Waals surface area contributed by atoms with Crippen molar-refractivity contribution in [2.24, 2.45) is 5.92 Å². The van der Waals surface area contributed by atoms with E-state index in [0.29, 0.717) is 48.5 Å². The number of amides is 2. The van der Waals surface area contributed by atoms with Crippen LogP contribution >= 0.6 is 0 Å². The molecule has 2 aliphatic rings. The van der Waals surface area contributed by atoms with Crippen molar-refractivity contribution < 1.29 is 14.7 Å². The molecule has 6 rings (SSSR count). The summed E-state index contributed by atoms with van der Waals surface area (Å²) >= 11 is 0. The number of carbonyl (C=O) groups is 2. The van der Waals surface area contributed by atoms with Gasteiger partial charge in [0.2, 0.25) is 5.91 Å². The van der Waals surface area contributed by atoms with Crippen LogP contribution in [0.2, 0.25) is 0 Å². The molecule has 3 heterocycles. The van der Waals surface area contributed by atoms with E-state index >= 15 is 0 Å². The maximum Gasteiger partial charge on any atom is 0.264 e. The number of carbonyl (C=O) groups excluding carboxylic acids is 2. The molecule has 2 amide bonds. The highest BCUT2D eigenvalue weighted by Gasteiger charge is 2.39. The summed E-state index contributed by atoms with van der Waals surface area (Å²) in [7, 11) is 0. The number of rotatable bonds is 6. The number of fused-ring (bicyclic) bond motifs is 1. The van der Waals surface area contributed by atoms with Crippen LogP contribution in [0.25, 0.3) is 16.7 Å². The summed E-state index contributed by atoms with van der Waals surface area (Å²) < 4.78 is 2.89. The maximum absolute atomic E-state index is 13.3. The summed E-state index contributed by atoms with van der Waals surface area (Å²) in [4.78, 5) is 45.1. The van der Waals surface area contributed by atoms with Crippen molar-refractivity contribution in [1.29, 1.82) is 0 Å². The first-order chi connectivity index (χ1) is 18.4. The molecule has 38 heavy (non-hydrogen) atoms. The van der Waals surface area contributed by atoms with E-state index in [-0.39, 0.29) is 35.2 Å². The number of anilines is 1. The molecule has 1 aliphatic carbocycles. The van der Waals surface area contributed by atoms with Crippen molar-refractivity contribution in [3.05, 3.63) is 83.0 Å². The Hall–Kier alpha value is -4.31. The van der Waals surface area contributed by atoms with Gasteiger partial charge in [-0.15, -0.1) is 0 Å². The Morgan fingerprint density at radius 3 is 2.47 bits per heavy atom. The van der Waals surface area contributed by atoms with Crippen LogP contribution in [0.4, 0.5) is 5.69 Å². The van der Waals surface area contributed by atoms with Gasteiger partial charge in [-0.3, -0.25) is 19.0 Å². The molecule has 10 heteroatoms. The molecular weight excluding hydrogens is 484 g/mol. The number of para-hydroxylation sites is 2. The minimum atomic E-state index is -1.10. The van der Waals surface area contributed by atoms with Crippen LogP contribution in [-0.2, 0) is 11.3 Å². The summed E-state index contributed by atoms with van der Waals surface area (Å²) in [6.07, 6.45) is 5.56.